The molecule has 0 bridgehead atoms. The molecule has 160 valence electrons. The zero-order valence-electron chi connectivity index (χ0n) is 16.2. The van der Waals surface area contributed by atoms with Gasteiger partial charge in [0.1, 0.15) is 11.8 Å². The fourth-order valence-electron chi connectivity index (χ4n) is 4.21. The normalized spacial score (nSPS) is 25.8. The lowest BCUT2D eigenvalue weighted by molar-refractivity contribution is -0.140. The van der Waals surface area contributed by atoms with Crippen LogP contribution < -0.4 is 10.6 Å². The first-order valence-electron chi connectivity index (χ1n) is 9.89. The number of hydrogen-bond donors (Lipinski definition) is 2. The second kappa shape index (κ2) is 8.92. The van der Waals surface area contributed by atoms with Crippen molar-refractivity contribution in [3.63, 3.8) is 0 Å². The van der Waals surface area contributed by atoms with Crippen molar-refractivity contribution >= 4 is 29.0 Å². The maximum absolute atomic E-state index is 13.1. The van der Waals surface area contributed by atoms with Gasteiger partial charge in [0.15, 0.2) is 0 Å². The van der Waals surface area contributed by atoms with Crippen LogP contribution in [0.1, 0.15) is 38.2 Å². The third-order valence-electron chi connectivity index (χ3n) is 5.65. The van der Waals surface area contributed by atoms with Crippen LogP contribution in [-0.2, 0) is 15.8 Å². The van der Waals surface area contributed by atoms with Crippen LogP contribution >= 0.6 is 11.6 Å². The van der Waals surface area contributed by atoms with Crippen molar-refractivity contribution < 1.29 is 22.8 Å². The summed E-state index contributed by atoms with van der Waals surface area (Å²) in [5, 5.41) is 6.13. The summed E-state index contributed by atoms with van der Waals surface area (Å²) in [7, 11) is 0. The van der Waals surface area contributed by atoms with Crippen LogP contribution in [-0.4, -0.2) is 48.3 Å². The van der Waals surface area contributed by atoms with Crippen molar-refractivity contribution in [2.75, 3.05) is 25.0 Å². The first-order valence-corrected chi connectivity index (χ1v) is 10.3. The van der Waals surface area contributed by atoms with E-state index in [0.717, 1.165) is 18.7 Å². The van der Waals surface area contributed by atoms with E-state index in [0.29, 0.717) is 38.8 Å². The van der Waals surface area contributed by atoms with Crippen LogP contribution in [0.25, 0.3) is 0 Å². The van der Waals surface area contributed by atoms with Gasteiger partial charge in [0.05, 0.1) is 11.6 Å². The van der Waals surface area contributed by atoms with Gasteiger partial charge in [0.25, 0.3) is 0 Å². The molecule has 2 N–H and O–H groups in total. The average molecular weight is 432 g/mol. The zero-order chi connectivity index (χ0) is 21.2. The van der Waals surface area contributed by atoms with E-state index in [-0.39, 0.29) is 34.4 Å². The number of piperidine rings is 2. The highest BCUT2D eigenvalue weighted by Crippen LogP contribution is 2.34. The van der Waals surface area contributed by atoms with E-state index in [4.69, 9.17) is 11.6 Å². The maximum Gasteiger partial charge on any atom is 0.416 e. The van der Waals surface area contributed by atoms with Gasteiger partial charge in [-0.25, -0.2) is 0 Å². The maximum atomic E-state index is 13.1. The molecule has 1 unspecified atom stereocenters. The van der Waals surface area contributed by atoms with Crippen molar-refractivity contribution in [3.8, 4) is 0 Å². The molecule has 0 saturated carbocycles. The van der Waals surface area contributed by atoms with E-state index in [2.05, 4.69) is 10.6 Å². The Labute approximate surface area is 173 Å². The van der Waals surface area contributed by atoms with E-state index >= 15 is 0 Å². The summed E-state index contributed by atoms with van der Waals surface area (Å²) in [6.45, 7) is 3.64. The van der Waals surface area contributed by atoms with Gasteiger partial charge < -0.3 is 15.5 Å². The van der Waals surface area contributed by atoms with Gasteiger partial charge in [0.2, 0.25) is 5.91 Å². The third kappa shape index (κ3) is 5.04. The number of anilines is 1. The van der Waals surface area contributed by atoms with Crippen LogP contribution in [0.4, 0.5) is 18.9 Å². The minimum Gasteiger partial charge on any atom is -0.374 e. The standard InChI is InChI=1S/C20H25ClF3N3O2/c1-2-18(28)15-5-6-25-11-17(15)27-7-3-4-16(19(27)29)26-14-9-12(20(22,23)24)8-13(21)10-14/h8-10,15-17,25-26H,2-7,11H2,1H3/t15-,16?,17-/m0/s1. The van der Waals surface area contributed by atoms with Crippen molar-refractivity contribution in [2.45, 2.75) is 50.9 Å². The molecule has 0 radical (unpaired) electrons. The van der Waals surface area contributed by atoms with Gasteiger partial charge in [0, 0.05) is 36.1 Å². The Balaban J connectivity index is 1.78. The number of nitrogens with one attached hydrogen (secondary N) is 2. The zero-order valence-corrected chi connectivity index (χ0v) is 16.9. The van der Waals surface area contributed by atoms with E-state index < -0.39 is 17.8 Å². The van der Waals surface area contributed by atoms with Gasteiger partial charge >= 0.3 is 6.18 Å². The van der Waals surface area contributed by atoms with Crippen molar-refractivity contribution in [1.82, 2.24) is 10.2 Å². The minimum atomic E-state index is -4.52. The quantitative estimate of drug-likeness (QED) is 0.746. The molecule has 5 nitrogen and oxygen atoms in total. The molecular weight excluding hydrogens is 407 g/mol. The first-order chi connectivity index (χ1) is 13.7. The Hall–Kier alpha value is -1.80. The molecule has 0 aromatic heterocycles. The highest BCUT2D eigenvalue weighted by atomic mass is 35.5. The second-order valence-electron chi connectivity index (χ2n) is 7.58. The second-order valence-corrected chi connectivity index (χ2v) is 8.02. The number of likely N-dealkylation sites (tertiary alicyclic amines) is 1. The highest BCUT2D eigenvalue weighted by molar-refractivity contribution is 6.31. The fourth-order valence-corrected chi connectivity index (χ4v) is 4.44. The molecule has 3 atom stereocenters. The number of Topliss-reactive ketones (excluding diaryl/α,β-unsaturated/α-hetero) is 1. The number of amides is 1. The summed E-state index contributed by atoms with van der Waals surface area (Å²) >= 11 is 5.85. The van der Waals surface area contributed by atoms with Crippen molar-refractivity contribution in [3.05, 3.63) is 28.8 Å². The predicted molar refractivity (Wildman–Crippen MR) is 105 cm³/mol. The number of carbonyl (C=O) groups excluding carboxylic acids is 2. The SMILES string of the molecule is CCC(=O)[C@H]1CCNC[C@@H]1N1CCCC(Nc2cc(Cl)cc(C(F)(F)F)c2)C1=O. The molecule has 2 saturated heterocycles. The Morgan fingerprint density at radius 2 is 2.07 bits per heavy atom. The van der Waals surface area contributed by atoms with Crippen molar-refractivity contribution in [2.24, 2.45) is 5.92 Å². The van der Waals surface area contributed by atoms with Crippen LogP contribution in [0.2, 0.25) is 5.02 Å². The molecule has 2 aliphatic rings. The molecule has 1 aromatic carbocycles. The molecule has 0 spiro atoms. The largest absolute Gasteiger partial charge is 0.416 e. The number of benzene rings is 1. The summed E-state index contributed by atoms with van der Waals surface area (Å²) in [6.07, 6.45) is -2.20. The summed E-state index contributed by atoms with van der Waals surface area (Å²) in [6, 6.07) is 2.33. The lowest BCUT2D eigenvalue weighted by Crippen LogP contribution is -2.60. The topological polar surface area (TPSA) is 61.4 Å². The Bertz CT molecular complexity index is 772. The molecule has 0 aliphatic carbocycles. The van der Waals surface area contributed by atoms with Gasteiger partial charge in [-0.05, 0) is 44.0 Å². The molecule has 1 aromatic rings. The van der Waals surface area contributed by atoms with E-state index in [1.54, 1.807) is 4.90 Å². The molecule has 2 heterocycles. The molecule has 9 heteroatoms. The summed E-state index contributed by atoms with van der Waals surface area (Å²) in [5.74, 6) is -0.247. The lowest BCUT2D eigenvalue weighted by atomic mass is 9.85. The Kier molecular flexibility index (Phi) is 6.73. The van der Waals surface area contributed by atoms with Crippen LogP contribution in [0.3, 0.4) is 0 Å². The average Bonchev–Trinajstić information content (AvgIpc) is 2.68. The van der Waals surface area contributed by atoms with Crippen LogP contribution in [0.15, 0.2) is 18.2 Å². The molecule has 1 amide bonds. The highest BCUT2D eigenvalue weighted by Gasteiger charge is 2.40. The van der Waals surface area contributed by atoms with E-state index in [1.165, 1.54) is 6.07 Å². The molecule has 2 aliphatic heterocycles. The van der Waals surface area contributed by atoms with Crippen LogP contribution in [0.5, 0.6) is 0 Å². The first kappa shape index (κ1) is 21.9. The summed E-state index contributed by atoms with van der Waals surface area (Å²) in [5.41, 5.74) is -0.703. The third-order valence-corrected chi connectivity index (χ3v) is 5.87. The number of ketones is 1. The van der Waals surface area contributed by atoms with Gasteiger partial charge in [-0.15, -0.1) is 0 Å². The molecule has 2 fully saturated rings. The molecule has 3 rings (SSSR count). The van der Waals surface area contributed by atoms with E-state index in [9.17, 15) is 22.8 Å². The number of alkyl halides is 3. The number of carbonyl (C=O) groups is 2. The van der Waals surface area contributed by atoms with Gasteiger partial charge in [-0.1, -0.05) is 18.5 Å². The monoisotopic (exact) mass is 431 g/mol. The number of halogens is 4. The van der Waals surface area contributed by atoms with Gasteiger partial charge in [-0.2, -0.15) is 13.2 Å². The smallest absolute Gasteiger partial charge is 0.374 e. The summed E-state index contributed by atoms with van der Waals surface area (Å²) in [4.78, 5) is 27.2. The predicted octanol–water partition coefficient (Wildman–Crippen LogP) is 3.72. The molecule has 29 heavy (non-hydrogen) atoms. The number of hydrogen-bond acceptors (Lipinski definition) is 4. The summed E-state index contributed by atoms with van der Waals surface area (Å²) < 4.78 is 39.2. The number of rotatable bonds is 5. The van der Waals surface area contributed by atoms with Gasteiger partial charge in [-0.3, -0.25) is 9.59 Å². The number of nitrogens with zero attached hydrogens (tertiary/aromatic N) is 1. The lowest BCUT2D eigenvalue weighted by Gasteiger charge is -2.43. The Morgan fingerprint density at radius 1 is 1.31 bits per heavy atom. The van der Waals surface area contributed by atoms with E-state index in [1.807, 2.05) is 6.92 Å². The molecular formula is C20H25ClF3N3O2. The minimum absolute atomic E-state index is 0.0486. The fraction of sp³-hybridized carbons (Fsp3) is 0.600. The van der Waals surface area contributed by atoms with Crippen LogP contribution in [0, 0.1) is 5.92 Å². The Morgan fingerprint density at radius 3 is 2.76 bits per heavy atom. The van der Waals surface area contributed by atoms with Crippen molar-refractivity contribution in [1.29, 1.82) is 0 Å².